The molecule has 0 bridgehead atoms. The summed E-state index contributed by atoms with van der Waals surface area (Å²) in [4.78, 5) is 0. The number of hydrogen-bond acceptors (Lipinski definition) is 2. The maximum absolute atomic E-state index is 5.69. The van der Waals surface area contributed by atoms with Crippen LogP contribution < -0.4 is 5.32 Å². The quantitative estimate of drug-likeness (QED) is 0.767. The van der Waals surface area contributed by atoms with E-state index in [4.69, 9.17) is 4.74 Å². The van der Waals surface area contributed by atoms with E-state index >= 15 is 0 Å². The molecule has 2 heteroatoms. The molecule has 100 valence electrons. The molecule has 1 heterocycles. The molecule has 2 aliphatic rings. The van der Waals surface area contributed by atoms with E-state index < -0.39 is 0 Å². The zero-order chi connectivity index (χ0) is 12.1. The van der Waals surface area contributed by atoms with E-state index in [0.717, 1.165) is 24.5 Å². The summed E-state index contributed by atoms with van der Waals surface area (Å²) in [6.07, 6.45) is 11.4. The minimum absolute atomic E-state index is 0.579. The molecule has 1 aliphatic carbocycles. The van der Waals surface area contributed by atoms with Gasteiger partial charge in [-0.05, 0) is 63.8 Å². The van der Waals surface area contributed by atoms with Crippen molar-refractivity contribution in [2.24, 2.45) is 11.8 Å². The highest BCUT2D eigenvalue weighted by atomic mass is 16.5. The molecule has 1 saturated carbocycles. The molecule has 2 rings (SSSR count). The lowest BCUT2D eigenvalue weighted by Crippen LogP contribution is -2.32. The first-order valence-electron chi connectivity index (χ1n) is 7.58. The van der Waals surface area contributed by atoms with Gasteiger partial charge in [0.2, 0.25) is 0 Å². The molecule has 0 aromatic heterocycles. The summed E-state index contributed by atoms with van der Waals surface area (Å²) in [5, 5.41) is 3.55. The van der Waals surface area contributed by atoms with Gasteiger partial charge in [0.05, 0.1) is 6.10 Å². The van der Waals surface area contributed by atoms with Crippen LogP contribution in [0.2, 0.25) is 0 Å². The highest BCUT2D eigenvalue weighted by Gasteiger charge is 2.27. The predicted octanol–water partition coefficient (Wildman–Crippen LogP) is 3.36. The van der Waals surface area contributed by atoms with Gasteiger partial charge >= 0.3 is 0 Å². The molecule has 0 aromatic carbocycles. The van der Waals surface area contributed by atoms with Crippen LogP contribution >= 0.6 is 0 Å². The molecule has 1 aliphatic heterocycles. The topological polar surface area (TPSA) is 21.3 Å². The van der Waals surface area contributed by atoms with Crippen molar-refractivity contribution in [3.63, 3.8) is 0 Å². The van der Waals surface area contributed by atoms with E-state index in [1.807, 2.05) is 0 Å². The largest absolute Gasteiger partial charge is 0.378 e. The van der Waals surface area contributed by atoms with Crippen LogP contribution in [0.1, 0.15) is 58.3 Å². The average Bonchev–Trinajstić information content (AvgIpc) is 2.96. The summed E-state index contributed by atoms with van der Waals surface area (Å²) in [6.45, 7) is 3.40. The lowest BCUT2D eigenvalue weighted by atomic mass is 9.92. The fraction of sp³-hybridized carbons (Fsp3) is 1.00. The van der Waals surface area contributed by atoms with Crippen LogP contribution in [0, 0.1) is 11.8 Å². The zero-order valence-corrected chi connectivity index (χ0v) is 11.6. The fourth-order valence-corrected chi connectivity index (χ4v) is 3.67. The summed E-state index contributed by atoms with van der Waals surface area (Å²) >= 11 is 0. The maximum Gasteiger partial charge on any atom is 0.0576 e. The van der Waals surface area contributed by atoms with E-state index in [2.05, 4.69) is 19.3 Å². The minimum atomic E-state index is 0.579. The van der Waals surface area contributed by atoms with Crippen molar-refractivity contribution in [2.45, 2.75) is 70.4 Å². The molecule has 0 amide bonds. The average molecular weight is 239 g/mol. The molecular weight excluding hydrogens is 210 g/mol. The third-order valence-electron chi connectivity index (χ3n) is 4.74. The van der Waals surface area contributed by atoms with Gasteiger partial charge in [-0.25, -0.2) is 0 Å². The van der Waals surface area contributed by atoms with Crippen LogP contribution in [-0.4, -0.2) is 25.8 Å². The second kappa shape index (κ2) is 6.75. The minimum Gasteiger partial charge on any atom is -0.378 e. The van der Waals surface area contributed by atoms with Gasteiger partial charge in [0.1, 0.15) is 0 Å². The van der Waals surface area contributed by atoms with E-state index in [1.165, 1.54) is 51.4 Å². The number of rotatable bonds is 6. The van der Waals surface area contributed by atoms with Crippen LogP contribution in [0.25, 0.3) is 0 Å². The lowest BCUT2D eigenvalue weighted by Gasteiger charge is -2.23. The molecule has 17 heavy (non-hydrogen) atoms. The molecule has 1 saturated heterocycles. The first-order valence-corrected chi connectivity index (χ1v) is 7.58. The van der Waals surface area contributed by atoms with Gasteiger partial charge in [0, 0.05) is 12.6 Å². The Bertz CT molecular complexity index is 213. The van der Waals surface area contributed by atoms with Crippen molar-refractivity contribution >= 4 is 0 Å². The van der Waals surface area contributed by atoms with Gasteiger partial charge < -0.3 is 10.1 Å². The molecule has 0 radical (unpaired) electrons. The summed E-state index contributed by atoms with van der Waals surface area (Å²) < 4.78 is 5.69. The Morgan fingerprint density at radius 1 is 1.29 bits per heavy atom. The smallest absolute Gasteiger partial charge is 0.0576 e. The van der Waals surface area contributed by atoms with E-state index in [1.54, 1.807) is 0 Å². The van der Waals surface area contributed by atoms with Crippen LogP contribution in [-0.2, 0) is 4.74 Å². The second-order valence-electron chi connectivity index (χ2n) is 6.14. The standard InChI is InChI=1S/C15H29NO/c1-12-8-9-13(11-12)15(16-2)7-3-5-14-6-4-10-17-14/h12-16H,3-11H2,1-2H3. The van der Waals surface area contributed by atoms with E-state index in [0.29, 0.717) is 6.10 Å². The third-order valence-corrected chi connectivity index (χ3v) is 4.74. The summed E-state index contributed by atoms with van der Waals surface area (Å²) in [6, 6.07) is 0.751. The molecule has 2 nitrogen and oxygen atoms in total. The van der Waals surface area contributed by atoms with Crippen molar-refractivity contribution in [1.82, 2.24) is 5.32 Å². The molecule has 4 unspecified atom stereocenters. The van der Waals surface area contributed by atoms with Crippen LogP contribution in [0.3, 0.4) is 0 Å². The summed E-state index contributed by atoms with van der Waals surface area (Å²) in [7, 11) is 2.14. The number of hydrogen-bond donors (Lipinski definition) is 1. The highest BCUT2D eigenvalue weighted by Crippen LogP contribution is 2.34. The SMILES string of the molecule is CNC(CCCC1CCCO1)C1CCC(C)C1. The van der Waals surface area contributed by atoms with Gasteiger partial charge in [-0.2, -0.15) is 0 Å². The van der Waals surface area contributed by atoms with Crippen molar-refractivity contribution in [3.8, 4) is 0 Å². The lowest BCUT2D eigenvalue weighted by molar-refractivity contribution is 0.100. The van der Waals surface area contributed by atoms with Gasteiger partial charge in [-0.15, -0.1) is 0 Å². The third kappa shape index (κ3) is 3.96. The first-order chi connectivity index (χ1) is 8.29. The zero-order valence-electron chi connectivity index (χ0n) is 11.6. The van der Waals surface area contributed by atoms with Crippen molar-refractivity contribution in [1.29, 1.82) is 0 Å². The Morgan fingerprint density at radius 3 is 2.76 bits per heavy atom. The summed E-state index contributed by atoms with van der Waals surface area (Å²) in [5.74, 6) is 1.88. The first kappa shape index (κ1) is 13.4. The van der Waals surface area contributed by atoms with Gasteiger partial charge in [-0.1, -0.05) is 13.3 Å². The second-order valence-corrected chi connectivity index (χ2v) is 6.14. The fourth-order valence-electron chi connectivity index (χ4n) is 3.67. The van der Waals surface area contributed by atoms with Gasteiger partial charge in [0.15, 0.2) is 0 Å². The Kier molecular flexibility index (Phi) is 5.30. The molecule has 0 spiro atoms. The van der Waals surface area contributed by atoms with Gasteiger partial charge in [0.25, 0.3) is 0 Å². The molecule has 0 aromatic rings. The van der Waals surface area contributed by atoms with Gasteiger partial charge in [-0.3, -0.25) is 0 Å². The van der Waals surface area contributed by atoms with Crippen LogP contribution in [0.15, 0.2) is 0 Å². The molecule has 1 N–H and O–H groups in total. The Morgan fingerprint density at radius 2 is 2.18 bits per heavy atom. The normalized spacial score (nSPS) is 35.3. The molecule has 2 fully saturated rings. The van der Waals surface area contributed by atoms with Crippen molar-refractivity contribution in [3.05, 3.63) is 0 Å². The van der Waals surface area contributed by atoms with E-state index in [9.17, 15) is 0 Å². The van der Waals surface area contributed by atoms with Crippen LogP contribution in [0.4, 0.5) is 0 Å². The van der Waals surface area contributed by atoms with E-state index in [-0.39, 0.29) is 0 Å². The Hall–Kier alpha value is -0.0800. The predicted molar refractivity (Wildman–Crippen MR) is 72.2 cm³/mol. The number of nitrogens with one attached hydrogen (secondary N) is 1. The van der Waals surface area contributed by atoms with Crippen molar-refractivity contribution < 1.29 is 4.74 Å². The Balaban J connectivity index is 1.64. The summed E-state index contributed by atoms with van der Waals surface area (Å²) in [5.41, 5.74) is 0. The number of ether oxygens (including phenoxy) is 1. The molecular formula is C15H29NO. The molecule has 4 atom stereocenters. The monoisotopic (exact) mass is 239 g/mol. The Labute approximate surface area is 107 Å². The van der Waals surface area contributed by atoms with Crippen molar-refractivity contribution in [2.75, 3.05) is 13.7 Å². The maximum atomic E-state index is 5.69. The van der Waals surface area contributed by atoms with Crippen LogP contribution in [0.5, 0.6) is 0 Å². The highest BCUT2D eigenvalue weighted by molar-refractivity contribution is 4.82.